The van der Waals surface area contributed by atoms with Crippen LogP contribution in [0.4, 0.5) is 18.9 Å². The smallest absolute Gasteiger partial charge is 0.422 e. The number of halogens is 4. The van der Waals surface area contributed by atoms with Gasteiger partial charge in [-0.1, -0.05) is 0 Å². The van der Waals surface area contributed by atoms with E-state index in [1.165, 1.54) is 29.8 Å². The van der Waals surface area contributed by atoms with E-state index in [0.717, 1.165) is 17.8 Å². The predicted octanol–water partition coefficient (Wildman–Crippen LogP) is 4.37. The third kappa shape index (κ3) is 4.44. The third-order valence-corrected chi connectivity index (χ3v) is 4.70. The second kappa shape index (κ2) is 6.67. The van der Waals surface area contributed by atoms with Crippen molar-refractivity contribution in [2.45, 2.75) is 24.9 Å². The molecule has 0 atom stereocenters. The van der Waals surface area contributed by atoms with E-state index in [0.29, 0.717) is 15.3 Å². The number of aromatic nitrogens is 2. The van der Waals surface area contributed by atoms with Crippen molar-refractivity contribution in [2.24, 2.45) is 0 Å². The summed E-state index contributed by atoms with van der Waals surface area (Å²) in [5, 5.41) is 3.43. The summed E-state index contributed by atoms with van der Waals surface area (Å²) in [6.07, 6.45) is 0.403. The largest absolute Gasteiger partial charge is 0.467 e. The van der Waals surface area contributed by atoms with Crippen LogP contribution in [0.5, 0.6) is 5.88 Å². The van der Waals surface area contributed by atoms with Gasteiger partial charge in [-0.2, -0.15) is 13.2 Å². The van der Waals surface area contributed by atoms with Crippen LogP contribution in [0.1, 0.15) is 33.4 Å². The van der Waals surface area contributed by atoms with Crippen LogP contribution in [0.25, 0.3) is 0 Å². The van der Waals surface area contributed by atoms with E-state index >= 15 is 0 Å². The van der Waals surface area contributed by atoms with E-state index in [1.807, 2.05) is 0 Å². The first-order chi connectivity index (χ1) is 11.3. The quantitative estimate of drug-likeness (QED) is 0.778. The van der Waals surface area contributed by atoms with Gasteiger partial charge in [-0.05, 0) is 34.8 Å². The zero-order valence-electron chi connectivity index (χ0n) is 12.1. The summed E-state index contributed by atoms with van der Waals surface area (Å²) in [6, 6.07) is 1.43. The lowest BCUT2D eigenvalue weighted by Crippen LogP contribution is -2.21. The molecule has 1 amide bonds. The maximum atomic E-state index is 12.3. The second-order valence-electron chi connectivity index (χ2n) is 5.20. The minimum absolute atomic E-state index is 0.0556. The van der Waals surface area contributed by atoms with Crippen molar-refractivity contribution in [3.05, 3.63) is 32.8 Å². The van der Waals surface area contributed by atoms with Crippen LogP contribution in [0.15, 0.2) is 22.9 Å². The summed E-state index contributed by atoms with van der Waals surface area (Å²) in [5.74, 6) is -0.332. The van der Waals surface area contributed by atoms with Gasteiger partial charge in [0.25, 0.3) is 5.91 Å². The van der Waals surface area contributed by atoms with Crippen LogP contribution in [-0.2, 0) is 0 Å². The summed E-state index contributed by atoms with van der Waals surface area (Å²) in [5.41, 5.74) is 0.0556. The van der Waals surface area contributed by atoms with Crippen molar-refractivity contribution in [1.29, 1.82) is 0 Å². The molecule has 10 heteroatoms. The van der Waals surface area contributed by atoms with Crippen LogP contribution in [-0.4, -0.2) is 28.7 Å². The monoisotopic (exact) mass is 421 g/mol. The number of nitrogens with one attached hydrogen (secondary N) is 1. The molecule has 0 aromatic carbocycles. The molecule has 1 fully saturated rings. The topological polar surface area (TPSA) is 64.1 Å². The van der Waals surface area contributed by atoms with Gasteiger partial charge in [-0.15, -0.1) is 11.3 Å². The summed E-state index contributed by atoms with van der Waals surface area (Å²) in [4.78, 5) is 20.6. The van der Waals surface area contributed by atoms with Gasteiger partial charge >= 0.3 is 6.18 Å². The average molecular weight is 422 g/mol. The van der Waals surface area contributed by atoms with Gasteiger partial charge in [0, 0.05) is 16.6 Å². The Bertz CT molecular complexity index is 762. The van der Waals surface area contributed by atoms with Gasteiger partial charge in [0.15, 0.2) is 6.61 Å². The zero-order valence-corrected chi connectivity index (χ0v) is 14.5. The first kappa shape index (κ1) is 17.2. The van der Waals surface area contributed by atoms with Crippen LogP contribution in [0.2, 0.25) is 0 Å². The number of anilines is 1. The van der Waals surface area contributed by atoms with Gasteiger partial charge in [-0.3, -0.25) is 4.79 Å². The number of hydrogen-bond acceptors (Lipinski definition) is 5. The van der Waals surface area contributed by atoms with Crippen LogP contribution < -0.4 is 10.1 Å². The number of rotatable bonds is 5. The molecule has 5 nitrogen and oxygen atoms in total. The Morgan fingerprint density at radius 1 is 1.38 bits per heavy atom. The number of pyridine rings is 1. The SMILES string of the molecule is O=C(Nc1cc(Br)cnc1OCC(F)(F)F)c1cnc(C2CC2)s1. The Morgan fingerprint density at radius 2 is 2.12 bits per heavy atom. The standard InChI is InChI=1S/C14H11BrF3N3O2S/c15-8-3-9(12(19-4-8)23-6-14(16,17)18)21-11(22)10-5-20-13(24-10)7-1-2-7/h3-5,7H,1-2,6H2,(H,21,22). The third-order valence-electron chi connectivity index (χ3n) is 3.11. The minimum Gasteiger partial charge on any atom is -0.467 e. The number of hydrogen-bond donors (Lipinski definition) is 1. The summed E-state index contributed by atoms with van der Waals surface area (Å²) < 4.78 is 42.1. The highest BCUT2D eigenvalue weighted by Gasteiger charge is 2.30. The molecule has 0 saturated heterocycles. The lowest BCUT2D eigenvalue weighted by Gasteiger charge is -2.12. The van der Waals surface area contributed by atoms with Gasteiger partial charge in [0.1, 0.15) is 10.6 Å². The molecule has 2 aromatic heterocycles. The molecule has 2 heterocycles. The molecule has 1 aliphatic carbocycles. The number of ether oxygens (including phenoxy) is 1. The fourth-order valence-corrected chi connectivity index (χ4v) is 3.19. The van der Waals surface area contributed by atoms with Crippen molar-refractivity contribution in [3.8, 4) is 5.88 Å². The molecule has 1 N–H and O–H groups in total. The van der Waals surface area contributed by atoms with Crippen LogP contribution in [0.3, 0.4) is 0 Å². The van der Waals surface area contributed by atoms with E-state index in [4.69, 9.17) is 0 Å². The van der Waals surface area contributed by atoms with Gasteiger partial charge < -0.3 is 10.1 Å². The number of carbonyl (C=O) groups excluding carboxylic acids is 1. The van der Waals surface area contributed by atoms with Gasteiger partial charge in [0.2, 0.25) is 5.88 Å². The zero-order chi connectivity index (χ0) is 17.3. The Balaban J connectivity index is 1.74. The van der Waals surface area contributed by atoms with Gasteiger partial charge in [-0.25, -0.2) is 9.97 Å². The normalized spacial score (nSPS) is 14.5. The molecule has 24 heavy (non-hydrogen) atoms. The summed E-state index contributed by atoms with van der Waals surface area (Å²) >= 11 is 4.45. The molecule has 1 saturated carbocycles. The van der Waals surface area contributed by atoms with Crippen molar-refractivity contribution >= 4 is 38.9 Å². The lowest BCUT2D eigenvalue weighted by atomic mass is 10.4. The molecule has 0 spiro atoms. The van der Waals surface area contributed by atoms with E-state index in [9.17, 15) is 18.0 Å². The molecular weight excluding hydrogens is 411 g/mol. The van der Waals surface area contributed by atoms with E-state index < -0.39 is 18.7 Å². The molecule has 0 unspecified atom stereocenters. The van der Waals surface area contributed by atoms with Crippen LogP contribution >= 0.6 is 27.3 Å². The highest BCUT2D eigenvalue weighted by Crippen LogP contribution is 2.41. The molecule has 0 radical (unpaired) electrons. The number of nitrogens with zero attached hydrogens (tertiary/aromatic N) is 2. The maximum Gasteiger partial charge on any atom is 0.422 e. The fourth-order valence-electron chi connectivity index (χ4n) is 1.88. The number of amides is 1. The molecule has 3 rings (SSSR count). The second-order valence-corrected chi connectivity index (χ2v) is 7.18. The van der Waals surface area contributed by atoms with Crippen molar-refractivity contribution in [3.63, 3.8) is 0 Å². The van der Waals surface area contributed by atoms with Crippen molar-refractivity contribution in [2.75, 3.05) is 11.9 Å². The fraction of sp³-hybridized carbons (Fsp3) is 0.357. The average Bonchev–Trinajstić information content (AvgIpc) is 3.22. The Kier molecular flexibility index (Phi) is 4.77. The van der Waals surface area contributed by atoms with Crippen molar-refractivity contribution < 1.29 is 22.7 Å². The lowest BCUT2D eigenvalue weighted by molar-refractivity contribution is -0.153. The first-order valence-electron chi connectivity index (χ1n) is 6.94. The Hall–Kier alpha value is -1.68. The molecular formula is C14H11BrF3N3O2S. The van der Waals surface area contributed by atoms with E-state index in [2.05, 4.69) is 36.0 Å². The maximum absolute atomic E-state index is 12.3. The molecule has 2 aromatic rings. The predicted molar refractivity (Wildman–Crippen MR) is 85.5 cm³/mol. The number of alkyl halides is 3. The summed E-state index contributed by atoms with van der Waals surface area (Å²) in [6.45, 7) is -1.49. The summed E-state index contributed by atoms with van der Waals surface area (Å²) in [7, 11) is 0. The molecule has 1 aliphatic rings. The molecule has 0 aliphatic heterocycles. The first-order valence-corrected chi connectivity index (χ1v) is 8.55. The molecule has 0 bridgehead atoms. The highest BCUT2D eigenvalue weighted by atomic mass is 79.9. The van der Waals surface area contributed by atoms with Crippen LogP contribution in [0, 0.1) is 0 Å². The minimum atomic E-state index is -4.49. The van der Waals surface area contributed by atoms with Gasteiger partial charge in [0.05, 0.1) is 11.2 Å². The molecule has 128 valence electrons. The Morgan fingerprint density at radius 3 is 2.79 bits per heavy atom. The van der Waals surface area contributed by atoms with E-state index in [1.54, 1.807) is 0 Å². The van der Waals surface area contributed by atoms with Crippen molar-refractivity contribution in [1.82, 2.24) is 9.97 Å². The highest BCUT2D eigenvalue weighted by molar-refractivity contribution is 9.10. The van der Waals surface area contributed by atoms with E-state index in [-0.39, 0.29) is 11.6 Å². The Labute approximate surface area is 147 Å². The number of thiazole rings is 1. The number of carbonyl (C=O) groups is 1.